The van der Waals surface area contributed by atoms with E-state index in [-0.39, 0.29) is 18.0 Å². The Morgan fingerprint density at radius 1 is 1.30 bits per heavy atom. The number of nitrogens with zero attached hydrogens (tertiary/aromatic N) is 3. The highest BCUT2D eigenvalue weighted by atomic mass is 32.2. The molecule has 0 fully saturated rings. The van der Waals surface area contributed by atoms with Crippen molar-refractivity contribution in [3.8, 4) is 11.8 Å². The van der Waals surface area contributed by atoms with Crippen LogP contribution in [0.15, 0.2) is 35.5 Å². The molecular formula is C14H14N4OS. The van der Waals surface area contributed by atoms with Crippen LogP contribution >= 0.6 is 11.8 Å². The number of nitrogens with two attached hydrogens (primary N) is 1. The van der Waals surface area contributed by atoms with Crippen LogP contribution in [0.3, 0.4) is 0 Å². The van der Waals surface area contributed by atoms with Crippen LogP contribution in [0.25, 0.3) is 0 Å². The fourth-order valence-corrected chi connectivity index (χ4v) is 2.19. The van der Waals surface area contributed by atoms with Crippen LogP contribution in [0.4, 0.5) is 5.82 Å². The minimum absolute atomic E-state index is 0.191. The summed E-state index contributed by atoms with van der Waals surface area (Å²) < 4.78 is 5.62. The van der Waals surface area contributed by atoms with E-state index in [2.05, 4.69) is 9.97 Å². The third-order valence-electron chi connectivity index (χ3n) is 2.50. The lowest BCUT2D eigenvalue weighted by atomic mass is 10.2. The molecule has 0 saturated carbocycles. The Morgan fingerprint density at radius 2 is 2.05 bits per heavy atom. The fourth-order valence-electron chi connectivity index (χ4n) is 1.59. The van der Waals surface area contributed by atoms with Crippen LogP contribution in [0.1, 0.15) is 18.2 Å². The maximum absolute atomic E-state index is 9.14. The molecule has 0 spiro atoms. The quantitative estimate of drug-likeness (QED) is 0.671. The van der Waals surface area contributed by atoms with Gasteiger partial charge in [-0.3, -0.25) is 0 Å². The van der Waals surface area contributed by atoms with Crippen molar-refractivity contribution in [1.29, 1.82) is 5.26 Å². The molecule has 0 radical (unpaired) electrons. The molecule has 0 saturated heterocycles. The van der Waals surface area contributed by atoms with Gasteiger partial charge >= 0.3 is 0 Å². The van der Waals surface area contributed by atoms with Crippen LogP contribution in [-0.4, -0.2) is 15.7 Å². The summed E-state index contributed by atoms with van der Waals surface area (Å²) in [6.07, 6.45) is 0. The lowest BCUT2D eigenvalue weighted by Crippen LogP contribution is -2.08. The van der Waals surface area contributed by atoms with Gasteiger partial charge in [0.05, 0.1) is 0 Å². The lowest BCUT2D eigenvalue weighted by molar-refractivity contribution is 0.299. The van der Waals surface area contributed by atoms with Crippen molar-refractivity contribution < 1.29 is 4.74 Å². The minimum Gasteiger partial charge on any atom is -0.487 e. The number of ether oxygens (including phenoxy) is 1. The predicted molar refractivity (Wildman–Crippen MR) is 78.3 cm³/mol. The van der Waals surface area contributed by atoms with E-state index in [0.29, 0.717) is 10.9 Å². The summed E-state index contributed by atoms with van der Waals surface area (Å²) in [5.74, 6) is 1.76. The van der Waals surface area contributed by atoms with E-state index in [1.54, 1.807) is 0 Å². The molecule has 2 N–H and O–H groups in total. The van der Waals surface area contributed by atoms with E-state index >= 15 is 0 Å². The highest BCUT2D eigenvalue weighted by molar-refractivity contribution is 7.99. The summed E-state index contributed by atoms with van der Waals surface area (Å²) >= 11 is 1.48. The number of para-hydroxylation sites is 1. The standard InChI is InChI=1S/C14H14N4OS/c1-2-20-14-17-12(11(8-15)13(16)18-14)9-19-10-6-4-3-5-7-10/h3-7H,2,9H2,1H3,(H2,16,17,18). The van der Waals surface area contributed by atoms with Gasteiger partial charge in [-0.05, 0) is 17.9 Å². The zero-order valence-corrected chi connectivity index (χ0v) is 11.9. The monoisotopic (exact) mass is 286 g/mol. The first-order chi connectivity index (χ1) is 9.74. The number of benzene rings is 1. The van der Waals surface area contributed by atoms with Gasteiger partial charge < -0.3 is 10.5 Å². The van der Waals surface area contributed by atoms with E-state index in [9.17, 15) is 0 Å². The molecule has 0 atom stereocenters. The Morgan fingerprint density at radius 3 is 2.70 bits per heavy atom. The number of aromatic nitrogens is 2. The Labute approximate surface area is 121 Å². The molecule has 2 aromatic rings. The predicted octanol–water partition coefficient (Wildman–Crippen LogP) is 2.62. The third kappa shape index (κ3) is 3.39. The third-order valence-corrected chi connectivity index (χ3v) is 3.22. The van der Waals surface area contributed by atoms with Gasteiger partial charge in [-0.15, -0.1) is 0 Å². The molecular weight excluding hydrogens is 272 g/mol. The molecule has 20 heavy (non-hydrogen) atoms. The summed E-state index contributed by atoms with van der Waals surface area (Å²) in [7, 11) is 0. The van der Waals surface area contributed by atoms with Crippen molar-refractivity contribution >= 4 is 17.6 Å². The second-order valence-corrected chi connectivity index (χ2v) is 5.09. The lowest BCUT2D eigenvalue weighted by Gasteiger charge is -2.09. The molecule has 0 aliphatic rings. The Balaban J connectivity index is 2.23. The highest BCUT2D eigenvalue weighted by Gasteiger charge is 2.13. The van der Waals surface area contributed by atoms with Crippen molar-refractivity contribution in [2.75, 3.05) is 11.5 Å². The normalized spacial score (nSPS) is 10.0. The molecule has 1 aromatic heterocycles. The highest BCUT2D eigenvalue weighted by Crippen LogP contribution is 2.20. The molecule has 1 heterocycles. The van der Waals surface area contributed by atoms with E-state index in [1.807, 2.05) is 43.3 Å². The van der Waals surface area contributed by atoms with E-state index < -0.39 is 0 Å². The summed E-state index contributed by atoms with van der Waals surface area (Å²) in [5.41, 5.74) is 6.58. The number of hydrogen-bond donors (Lipinski definition) is 1. The summed E-state index contributed by atoms with van der Waals surface area (Å²) in [6, 6.07) is 11.4. The maximum atomic E-state index is 9.14. The number of hydrogen-bond acceptors (Lipinski definition) is 6. The molecule has 2 rings (SSSR count). The van der Waals surface area contributed by atoms with Gasteiger partial charge in [0.15, 0.2) is 5.16 Å². The fraction of sp³-hybridized carbons (Fsp3) is 0.214. The smallest absolute Gasteiger partial charge is 0.189 e. The second-order valence-electron chi connectivity index (χ2n) is 3.86. The average molecular weight is 286 g/mol. The maximum Gasteiger partial charge on any atom is 0.189 e. The van der Waals surface area contributed by atoms with Crippen molar-refractivity contribution in [3.05, 3.63) is 41.6 Å². The van der Waals surface area contributed by atoms with Gasteiger partial charge in [0.2, 0.25) is 0 Å². The van der Waals surface area contributed by atoms with Gasteiger partial charge in [-0.1, -0.05) is 36.9 Å². The van der Waals surface area contributed by atoms with Crippen LogP contribution in [0.2, 0.25) is 0 Å². The summed E-state index contributed by atoms with van der Waals surface area (Å²) in [5, 5.41) is 9.71. The Hall–Kier alpha value is -2.26. The van der Waals surface area contributed by atoms with Gasteiger partial charge in [-0.25, -0.2) is 9.97 Å². The van der Waals surface area contributed by atoms with Crippen molar-refractivity contribution in [2.24, 2.45) is 0 Å². The topological polar surface area (TPSA) is 84.8 Å². The van der Waals surface area contributed by atoms with Crippen molar-refractivity contribution in [1.82, 2.24) is 9.97 Å². The first-order valence-electron chi connectivity index (χ1n) is 6.11. The van der Waals surface area contributed by atoms with Gasteiger partial charge in [0.1, 0.15) is 35.5 Å². The minimum atomic E-state index is 0.191. The Bertz CT molecular complexity index is 625. The molecule has 0 bridgehead atoms. The molecule has 0 amide bonds. The van der Waals surface area contributed by atoms with E-state index in [1.165, 1.54) is 11.8 Å². The Kier molecular flexibility index (Phi) is 4.80. The molecule has 0 aliphatic carbocycles. The van der Waals surface area contributed by atoms with Crippen LogP contribution in [-0.2, 0) is 6.61 Å². The molecule has 0 unspecified atom stereocenters. The number of anilines is 1. The summed E-state index contributed by atoms with van der Waals surface area (Å²) in [4.78, 5) is 8.43. The SMILES string of the molecule is CCSc1nc(N)c(C#N)c(COc2ccccc2)n1. The molecule has 6 heteroatoms. The largest absolute Gasteiger partial charge is 0.487 e. The molecule has 102 valence electrons. The number of nitriles is 1. The first-order valence-corrected chi connectivity index (χ1v) is 7.10. The van der Waals surface area contributed by atoms with Crippen molar-refractivity contribution in [3.63, 3.8) is 0 Å². The van der Waals surface area contributed by atoms with Crippen LogP contribution < -0.4 is 10.5 Å². The van der Waals surface area contributed by atoms with E-state index in [4.69, 9.17) is 15.7 Å². The van der Waals surface area contributed by atoms with Gasteiger partial charge in [-0.2, -0.15) is 5.26 Å². The van der Waals surface area contributed by atoms with Gasteiger partial charge in [0.25, 0.3) is 0 Å². The zero-order valence-electron chi connectivity index (χ0n) is 11.0. The van der Waals surface area contributed by atoms with Crippen LogP contribution in [0, 0.1) is 11.3 Å². The number of thioether (sulfide) groups is 1. The van der Waals surface area contributed by atoms with Crippen LogP contribution in [0.5, 0.6) is 5.75 Å². The summed E-state index contributed by atoms with van der Waals surface area (Å²) in [6.45, 7) is 2.19. The second kappa shape index (κ2) is 6.78. The molecule has 1 aromatic carbocycles. The number of rotatable bonds is 5. The van der Waals surface area contributed by atoms with E-state index in [0.717, 1.165) is 11.5 Å². The molecule has 5 nitrogen and oxygen atoms in total. The molecule has 0 aliphatic heterocycles. The number of nitrogen functional groups attached to an aromatic ring is 1. The average Bonchev–Trinajstić information content (AvgIpc) is 2.46. The zero-order chi connectivity index (χ0) is 14.4. The first kappa shape index (κ1) is 14.2. The van der Waals surface area contributed by atoms with Crippen molar-refractivity contribution in [2.45, 2.75) is 18.7 Å². The van der Waals surface area contributed by atoms with Gasteiger partial charge in [0, 0.05) is 0 Å².